The molecule has 0 aromatic heterocycles. The predicted molar refractivity (Wildman–Crippen MR) is 151 cm³/mol. The van der Waals surface area contributed by atoms with Crippen LogP contribution in [0.2, 0.25) is 0 Å². The van der Waals surface area contributed by atoms with E-state index >= 15 is 0 Å². The Balaban J connectivity index is 1.89. The van der Waals surface area contributed by atoms with Crippen LogP contribution in [0, 0.1) is 11.8 Å². The van der Waals surface area contributed by atoms with Gasteiger partial charge in [-0.15, -0.1) is 0 Å². The number of carbonyl (C=O) groups is 2. The van der Waals surface area contributed by atoms with E-state index in [4.69, 9.17) is 0 Å². The highest BCUT2D eigenvalue weighted by molar-refractivity contribution is 7.89. The number of aliphatic hydroxyl groups excluding tert-OH is 1. The van der Waals surface area contributed by atoms with Gasteiger partial charge in [-0.1, -0.05) is 76.2 Å². The van der Waals surface area contributed by atoms with Gasteiger partial charge in [0.15, 0.2) is 0 Å². The second kappa shape index (κ2) is 13.9. The lowest BCUT2D eigenvalue weighted by Gasteiger charge is -2.37. The summed E-state index contributed by atoms with van der Waals surface area (Å²) in [5.41, 5.74) is 0.889. The van der Waals surface area contributed by atoms with Crippen LogP contribution in [0.4, 0.5) is 4.79 Å². The second-order valence-corrected chi connectivity index (χ2v) is 12.8. The Morgan fingerprint density at radius 1 is 1.03 bits per heavy atom. The minimum absolute atomic E-state index is 0.0146. The molecule has 3 amide bonds. The van der Waals surface area contributed by atoms with Gasteiger partial charge in [0.1, 0.15) is 6.04 Å². The molecule has 39 heavy (non-hydrogen) atoms. The summed E-state index contributed by atoms with van der Waals surface area (Å²) < 4.78 is 28.3. The fourth-order valence-corrected chi connectivity index (χ4v) is 6.53. The first-order valence-electron chi connectivity index (χ1n) is 13.6. The molecule has 10 heteroatoms. The summed E-state index contributed by atoms with van der Waals surface area (Å²) in [5.74, 6) is -0.525. The normalized spacial score (nSPS) is 16.7. The summed E-state index contributed by atoms with van der Waals surface area (Å²) in [6.45, 7) is 8.65. The number of carbonyl (C=O) groups excluding carboxylic acids is 2. The van der Waals surface area contributed by atoms with Gasteiger partial charge in [0.2, 0.25) is 15.9 Å². The quantitative estimate of drug-likeness (QED) is 0.349. The van der Waals surface area contributed by atoms with Gasteiger partial charge in [-0.25, -0.2) is 13.2 Å². The number of nitrogens with zero attached hydrogens (tertiary/aromatic N) is 2. The number of sulfonamides is 1. The van der Waals surface area contributed by atoms with Crippen LogP contribution < -0.4 is 10.6 Å². The van der Waals surface area contributed by atoms with Gasteiger partial charge >= 0.3 is 6.03 Å². The first kappa shape index (κ1) is 30.6. The molecule has 9 nitrogen and oxygen atoms in total. The molecule has 1 aliphatic heterocycles. The molecule has 1 saturated heterocycles. The summed E-state index contributed by atoms with van der Waals surface area (Å²) >= 11 is 0. The van der Waals surface area contributed by atoms with Gasteiger partial charge in [-0.3, -0.25) is 4.79 Å². The average Bonchev–Trinajstić information content (AvgIpc) is 2.90. The van der Waals surface area contributed by atoms with Crippen molar-refractivity contribution in [1.82, 2.24) is 19.8 Å². The highest BCUT2D eigenvalue weighted by atomic mass is 32.2. The van der Waals surface area contributed by atoms with Gasteiger partial charge in [-0.05, 0) is 42.4 Å². The summed E-state index contributed by atoms with van der Waals surface area (Å²) in [6, 6.07) is 15.8. The van der Waals surface area contributed by atoms with Crippen molar-refractivity contribution in [2.45, 2.75) is 63.6 Å². The molecular formula is C29H42N4O5S. The molecule has 0 saturated carbocycles. The lowest BCUT2D eigenvalue weighted by Crippen LogP contribution is -2.60. The molecule has 2 aromatic carbocycles. The summed E-state index contributed by atoms with van der Waals surface area (Å²) in [7, 11) is -3.88. The summed E-state index contributed by atoms with van der Waals surface area (Å²) in [4.78, 5) is 27.9. The standard InChI is InChI=1S/C29H42N4O5S/c1-21(2)19-32(39(37,38)24-14-9-6-10-15-24)20-26(34)25(18-23-12-7-5-8-13-23)31-28(35)27(22(3)4)33-17-11-16-30-29(33)36/h5-10,12-15,21-22,25-27,34H,11,16-20H2,1-4H3,(H,30,36)(H,31,35)/t25-,26+,27-/m0/s1. The van der Waals surface area contributed by atoms with Crippen molar-refractivity contribution < 1.29 is 23.1 Å². The molecule has 1 fully saturated rings. The van der Waals surface area contributed by atoms with Gasteiger partial charge in [0.05, 0.1) is 17.0 Å². The Morgan fingerprint density at radius 2 is 1.64 bits per heavy atom. The van der Waals surface area contributed by atoms with Gasteiger partial charge < -0.3 is 20.6 Å². The number of hydrogen-bond acceptors (Lipinski definition) is 5. The summed E-state index contributed by atoms with van der Waals surface area (Å²) in [6.07, 6.45) is -0.166. The maximum Gasteiger partial charge on any atom is 0.318 e. The van der Waals surface area contributed by atoms with E-state index in [9.17, 15) is 23.1 Å². The number of rotatable bonds is 13. The van der Waals surface area contributed by atoms with E-state index in [-0.39, 0.29) is 41.8 Å². The van der Waals surface area contributed by atoms with Gasteiger partial charge in [-0.2, -0.15) is 4.31 Å². The van der Waals surface area contributed by atoms with Gasteiger partial charge in [0, 0.05) is 26.2 Å². The molecule has 3 N–H and O–H groups in total. The van der Waals surface area contributed by atoms with Crippen molar-refractivity contribution in [2.24, 2.45) is 11.8 Å². The van der Waals surface area contributed by atoms with Crippen molar-refractivity contribution >= 4 is 22.0 Å². The smallest absolute Gasteiger partial charge is 0.318 e. The fourth-order valence-electron chi connectivity index (χ4n) is 4.89. The first-order valence-corrected chi connectivity index (χ1v) is 15.1. The van der Waals surface area contributed by atoms with E-state index in [1.54, 1.807) is 23.1 Å². The van der Waals surface area contributed by atoms with E-state index in [0.717, 1.165) is 12.0 Å². The first-order chi connectivity index (χ1) is 18.5. The summed E-state index contributed by atoms with van der Waals surface area (Å²) in [5, 5.41) is 17.3. The number of benzene rings is 2. The van der Waals surface area contributed by atoms with Crippen LogP contribution in [0.15, 0.2) is 65.6 Å². The Kier molecular flexibility index (Phi) is 10.9. The number of amides is 3. The molecule has 3 atom stereocenters. The third kappa shape index (κ3) is 8.27. The molecule has 0 bridgehead atoms. The largest absolute Gasteiger partial charge is 0.390 e. The Hall–Kier alpha value is -2.95. The van der Waals surface area contributed by atoms with Crippen molar-refractivity contribution in [2.75, 3.05) is 26.2 Å². The second-order valence-electron chi connectivity index (χ2n) is 10.9. The molecule has 1 aliphatic rings. The zero-order valence-electron chi connectivity index (χ0n) is 23.3. The number of aliphatic hydroxyl groups is 1. The number of hydrogen-bond donors (Lipinski definition) is 3. The minimum atomic E-state index is -3.88. The molecule has 214 valence electrons. The zero-order valence-corrected chi connectivity index (χ0v) is 24.1. The Labute approximate surface area is 232 Å². The van der Waals surface area contributed by atoms with Crippen molar-refractivity contribution in [1.29, 1.82) is 0 Å². The van der Waals surface area contributed by atoms with Crippen LogP contribution in [0.25, 0.3) is 0 Å². The van der Waals surface area contributed by atoms with E-state index in [1.165, 1.54) is 16.4 Å². The zero-order chi connectivity index (χ0) is 28.6. The molecule has 1 heterocycles. The van der Waals surface area contributed by atoms with Crippen molar-refractivity contribution in [3.05, 3.63) is 66.2 Å². The molecular weight excluding hydrogens is 516 g/mol. The number of nitrogens with one attached hydrogen (secondary N) is 2. The van der Waals surface area contributed by atoms with Crippen LogP contribution in [0.3, 0.4) is 0 Å². The topological polar surface area (TPSA) is 119 Å². The van der Waals surface area contributed by atoms with Crippen LogP contribution in [-0.2, 0) is 21.2 Å². The monoisotopic (exact) mass is 558 g/mol. The Bertz CT molecular complexity index is 1170. The van der Waals surface area contributed by atoms with E-state index in [1.807, 2.05) is 58.0 Å². The molecule has 0 radical (unpaired) electrons. The minimum Gasteiger partial charge on any atom is -0.390 e. The lowest BCUT2D eigenvalue weighted by molar-refractivity contribution is -0.128. The maximum atomic E-state index is 13.6. The predicted octanol–water partition coefficient (Wildman–Crippen LogP) is 2.86. The van der Waals surface area contributed by atoms with Crippen molar-refractivity contribution in [3.63, 3.8) is 0 Å². The van der Waals surface area contributed by atoms with E-state index in [0.29, 0.717) is 19.5 Å². The highest BCUT2D eigenvalue weighted by Gasteiger charge is 2.37. The fraction of sp³-hybridized carbons (Fsp3) is 0.517. The third-order valence-corrected chi connectivity index (χ3v) is 8.63. The van der Waals surface area contributed by atoms with Crippen LogP contribution in [-0.4, -0.2) is 79.0 Å². The molecule has 0 aliphatic carbocycles. The van der Waals surface area contributed by atoms with E-state index < -0.39 is 28.2 Å². The van der Waals surface area contributed by atoms with Crippen LogP contribution >= 0.6 is 0 Å². The molecule has 3 rings (SSSR count). The van der Waals surface area contributed by atoms with Gasteiger partial charge in [0.25, 0.3) is 0 Å². The highest BCUT2D eigenvalue weighted by Crippen LogP contribution is 2.20. The van der Waals surface area contributed by atoms with Crippen LogP contribution in [0.1, 0.15) is 39.7 Å². The molecule has 2 aromatic rings. The maximum absolute atomic E-state index is 13.6. The number of urea groups is 1. The lowest BCUT2D eigenvalue weighted by atomic mass is 9.97. The molecule has 0 spiro atoms. The van der Waals surface area contributed by atoms with Crippen LogP contribution in [0.5, 0.6) is 0 Å². The average molecular weight is 559 g/mol. The third-order valence-electron chi connectivity index (χ3n) is 6.78. The Morgan fingerprint density at radius 3 is 2.21 bits per heavy atom. The van der Waals surface area contributed by atoms with Crippen molar-refractivity contribution in [3.8, 4) is 0 Å². The SMILES string of the molecule is CC(C)CN(C[C@@H](O)[C@H](Cc1ccccc1)NC(=O)[C@H](C(C)C)N1CCCNC1=O)S(=O)(=O)c1ccccc1. The molecule has 0 unspecified atom stereocenters. The van der Waals surface area contributed by atoms with E-state index in [2.05, 4.69) is 10.6 Å².